The summed E-state index contributed by atoms with van der Waals surface area (Å²) in [5.74, 6) is 0. The molecule has 1 aromatic rings. The summed E-state index contributed by atoms with van der Waals surface area (Å²) >= 11 is 0. The Bertz CT molecular complexity index is 244. The van der Waals surface area contributed by atoms with Crippen LogP contribution in [0.5, 0.6) is 0 Å². The molecule has 0 aliphatic carbocycles. The van der Waals surface area contributed by atoms with E-state index in [1.165, 1.54) is 24.5 Å². The molecule has 0 aliphatic rings. The molecular weight excluding hydrogens is 136 g/mol. The van der Waals surface area contributed by atoms with Gasteiger partial charge in [-0.1, -0.05) is 0 Å². The van der Waals surface area contributed by atoms with Crippen molar-refractivity contribution in [1.82, 2.24) is 0 Å². The first-order valence-electron chi connectivity index (χ1n) is 2.55. The second-order valence-electron chi connectivity index (χ2n) is 1.69. The van der Waals surface area contributed by atoms with Gasteiger partial charge in [0, 0.05) is 4.73 Å². The second-order valence-corrected chi connectivity index (χ2v) is 1.69. The largest absolute Gasteiger partial charge is 0.285 e. The minimum atomic E-state index is -0.528. The molecule has 0 amide bonds. The van der Waals surface area contributed by atoms with Crippen LogP contribution in [0.25, 0.3) is 0 Å². The Morgan fingerprint density at radius 1 is 1.50 bits per heavy atom. The summed E-state index contributed by atoms with van der Waals surface area (Å²) in [6.45, 7) is 0. The summed E-state index contributed by atoms with van der Waals surface area (Å²) in [5, 5.41) is 18.7. The van der Waals surface area contributed by atoms with Crippen LogP contribution in [0.1, 0.15) is 0 Å². The fraction of sp³-hybridized carbons (Fsp3) is 0. The Kier molecular flexibility index (Phi) is 1.49. The minimum absolute atomic E-state index is 0.0368. The van der Waals surface area contributed by atoms with Crippen LogP contribution in [-0.4, -0.2) is 10.1 Å². The van der Waals surface area contributed by atoms with E-state index in [4.69, 9.17) is 5.21 Å². The van der Waals surface area contributed by atoms with Gasteiger partial charge in [-0.25, -0.2) is 0 Å². The normalized spacial score (nSPS) is 9.20. The standard InChI is InChI=1S/C5H5N2O3/c8-6-3-1-5(2-4-6)7(9)10/h1-4,8H/q+1. The Morgan fingerprint density at radius 2 is 2.00 bits per heavy atom. The van der Waals surface area contributed by atoms with Crippen LogP contribution in [-0.2, 0) is 0 Å². The van der Waals surface area contributed by atoms with E-state index in [1.54, 1.807) is 0 Å². The summed E-state index contributed by atoms with van der Waals surface area (Å²) in [6, 6.07) is 2.42. The lowest BCUT2D eigenvalue weighted by Crippen LogP contribution is -2.27. The molecule has 1 N–H and O–H groups in total. The highest BCUT2D eigenvalue weighted by Crippen LogP contribution is 2.04. The average molecular weight is 141 g/mol. The molecule has 0 saturated heterocycles. The van der Waals surface area contributed by atoms with Gasteiger partial charge >= 0.3 is 0 Å². The quantitative estimate of drug-likeness (QED) is 0.261. The van der Waals surface area contributed by atoms with Crippen LogP contribution in [0.2, 0.25) is 0 Å². The van der Waals surface area contributed by atoms with Crippen molar-refractivity contribution in [2.24, 2.45) is 0 Å². The van der Waals surface area contributed by atoms with Crippen LogP contribution in [0, 0.1) is 10.1 Å². The smallest absolute Gasteiger partial charge is 0.281 e. The molecule has 0 aliphatic heterocycles. The second kappa shape index (κ2) is 2.30. The zero-order valence-electron chi connectivity index (χ0n) is 4.97. The van der Waals surface area contributed by atoms with Gasteiger partial charge in [-0.3, -0.25) is 15.3 Å². The SMILES string of the molecule is O=[N+]([O-])c1cc[n+](O)cc1. The van der Waals surface area contributed by atoms with Gasteiger partial charge in [-0.15, -0.1) is 0 Å². The maximum absolute atomic E-state index is 10.0. The maximum atomic E-state index is 10.0. The molecule has 0 bridgehead atoms. The molecule has 5 heteroatoms. The van der Waals surface area contributed by atoms with Gasteiger partial charge in [0.15, 0.2) is 0 Å². The van der Waals surface area contributed by atoms with Gasteiger partial charge in [-0.2, -0.15) is 0 Å². The predicted molar refractivity (Wildman–Crippen MR) is 30.5 cm³/mol. The molecule has 0 radical (unpaired) electrons. The van der Waals surface area contributed by atoms with Crippen molar-refractivity contribution in [2.45, 2.75) is 0 Å². The Morgan fingerprint density at radius 3 is 2.40 bits per heavy atom. The molecule has 0 atom stereocenters. The fourth-order valence-electron chi connectivity index (χ4n) is 0.532. The molecule has 0 unspecified atom stereocenters. The number of aromatic nitrogens is 1. The zero-order chi connectivity index (χ0) is 7.56. The van der Waals surface area contributed by atoms with E-state index in [-0.39, 0.29) is 5.69 Å². The molecule has 0 saturated carbocycles. The third-order valence-corrected chi connectivity index (χ3v) is 1.01. The molecule has 1 aromatic heterocycles. The summed E-state index contributed by atoms with van der Waals surface area (Å²) in [4.78, 5) is 9.50. The highest BCUT2D eigenvalue weighted by Gasteiger charge is 2.06. The third kappa shape index (κ3) is 1.19. The Labute approximate surface area is 56.3 Å². The summed E-state index contributed by atoms with van der Waals surface area (Å²) in [6.07, 6.45) is 2.39. The van der Waals surface area contributed by atoms with Gasteiger partial charge in [0.05, 0.1) is 17.1 Å². The van der Waals surface area contributed by atoms with Gasteiger partial charge in [0.25, 0.3) is 5.69 Å². The summed E-state index contributed by atoms with van der Waals surface area (Å²) in [5.41, 5.74) is -0.0368. The van der Waals surface area contributed by atoms with E-state index in [0.717, 1.165) is 4.73 Å². The number of hydrogen-bond acceptors (Lipinski definition) is 3. The van der Waals surface area contributed by atoms with Crippen LogP contribution in [0.15, 0.2) is 24.5 Å². The van der Waals surface area contributed by atoms with E-state index in [2.05, 4.69) is 0 Å². The van der Waals surface area contributed by atoms with Crippen molar-refractivity contribution in [3.8, 4) is 0 Å². The van der Waals surface area contributed by atoms with E-state index in [9.17, 15) is 10.1 Å². The molecule has 5 nitrogen and oxygen atoms in total. The van der Waals surface area contributed by atoms with E-state index >= 15 is 0 Å². The van der Waals surface area contributed by atoms with E-state index < -0.39 is 4.92 Å². The van der Waals surface area contributed by atoms with Gasteiger partial charge in [0.2, 0.25) is 12.4 Å². The molecule has 1 heterocycles. The topological polar surface area (TPSA) is 67.2 Å². The molecule has 0 spiro atoms. The molecule has 52 valence electrons. The van der Waals surface area contributed by atoms with Crippen molar-refractivity contribution in [1.29, 1.82) is 0 Å². The Balaban J connectivity index is 3.00. The molecular formula is C5H5N2O3+. The van der Waals surface area contributed by atoms with Crippen molar-refractivity contribution < 1.29 is 14.9 Å². The monoisotopic (exact) mass is 141 g/mol. The lowest BCUT2D eigenvalue weighted by molar-refractivity contribution is -0.905. The molecule has 1 rings (SSSR count). The number of nitrogens with zero attached hydrogens (tertiary/aromatic N) is 2. The number of nitro groups is 1. The van der Waals surface area contributed by atoms with Crippen molar-refractivity contribution in [2.75, 3.05) is 0 Å². The average Bonchev–Trinajstić information content (AvgIpc) is 1.88. The molecule has 0 fully saturated rings. The van der Waals surface area contributed by atoms with Crippen LogP contribution in [0.4, 0.5) is 5.69 Å². The first kappa shape index (κ1) is 6.47. The predicted octanol–water partition coefficient (Wildman–Crippen LogP) is 0.120. The fourth-order valence-corrected chi connectivity index (χ4v) is 0.532. The van der Waals surface area contributed by atoms with Crippen LogP contribution < -0.4 is 4.73 Å². The number of pyridine rings is 1. The molecule has 10 heavy (non-hydrogen) atoms. The van der Waals surface area contributed by atoms with Crippen LogP contribution >= 0.6 is 0 Å². The number of hydrogen-bond donors (Lipinski definition) is 1. The van der Waals surface area contributed by atoms with Crippen LogP contribution in [0.3, 0.4) is 0 Å². The number of rotatable bonds is 1. The Hall–Kier alpha value is -1.65. The maximum Gasteiger partial charge on any atom is 0.281 e. The lowest BCUT2D eigenvalue weighted by atomic mass is 10.4. The van der Waals surface area contributed by atoms with Gasteiger partial charge in [0.1, 0.15) is 0 Å². The molecule has 0 aromatic carbocycles. The highest BCUT2D eigenvalue weighted by atomic mass is 16.6. The summed E-state index contributed by atoms with van der Waals surface area (Å²) < 4.78 is 0.743. The highest BCUT2D eigenvalue weighted by molar-refractivity contribution is 5.23. The first-order valence-corrected chi connectivity index (χ1v) is 2.55. The third-order valence-electron chi connectivity index (χ3n) is 1.01. The minimum Gasteiger partial charge on any atom is -0.285 e. The van der Waals surface area contributed by atoms with Crippen molar-refractivity contribution >= 4 is 5.69 Å². The van der Waals surface area contributed by atoms with E-state index in [0.29, 0.717) is 0 Å². The van der Waals surface area contributed by atoms with Crippen molar-refractivity contribution in [3.05, 3.63) is 34.6 Å². The lowest BCUT2D eigenvalue weighted by Gasteiger charge is -1.84. The first-order chi connectivity index (χ1) is 4.70. The van der Waals surface area contributed by atoms with E-state index in [1.807, 2.05) is 0 Å². The zero-order valence-corrected chi connectivity index (χ0v) is 4.97. The van der Waals surface area contributed by atoms with Gasteiger partial charge < -0.3 is 0 Å². The summed E-state index contributed by atoms with van der Waals surface area (Å²) in [7, 11) is 0. The van der Waals surface area contributed by atoms with Crippen molar-refractivity contribution in [3.63, 3.8) is 0 Å². The van der Waals surface area contributed by atoms with Gasteiger partial charge in [-0.05, 0) is 0 Å².